The first-order valence-corrected chi connectivity index (χ1v) is 8.56. The van der Waals surface area contributed by atoms with Crippen LogP contribution in [0.25, 0.3) is 0 Å². The van der Waals surface area contributed by atoms with Gasteiger partial charge in [-0.3, -0.25) is 4.55 Å². The number of hydrogen-bond donors (Lipinski definition) is 1. The zero-order valence-electron chi connectivity index (χ0n) is 11.6. The van der Waals surface area contributed by atoms with Crippen molar-refractivity contribution in [2.45, 2.75) is 49.9 Å². The number of hydrogen-bond acceptors (Lipinski definition) is 4. The lowest BCUT2D eigenvalue weighted by atomic mass is 9.50. The van der Waals surface area contributed by atoms with Crippen LogP contribution in [0.2, 0.25) is 0 Å². The summed E-state index contributed by atoms with van der Waals surface area (Å²) in [6.45, 7) is 1.62. The van der Waals surface area contributed by atoms with Crippen LogP contribution in [-0.2, 0) is 19.6 Å². The van der Waals surface area contributed by atoms with Gasteiger partial charge in [0.25, 0.3) is 0 Å². The Morgan fingerprint density at radius 2 is 1.57 bits per heavy atom. The van der Waals surface area contributed by atoms with Gasteiger partial charge in [0.1, 0.15) is 5.60 Å². The number of esters is 1. The van der Waals surface area contributed by atoms with Crippen molar-refractivity contribution < 1.29 is 31.3 Å². The molecule has 0 unspecified atom stereocenters. The van der Waals surface area contributed by atoms with Crippen LogP contribution in [0.15, 0.2) is 0 Å². The van der Waals surface area contributed by atoms with Crippen LogP contribution in [0.5, 0.6) is 0 Å². The van der Waals surface area contributed by atoms with Gasteiger partial charge in [0, 0.05) is 0 Å². The molecule has 0 radical (unpaired) electrons. The highest BCUT2D eigenvalue weighted by atomic mass is 32.2. The molecular weight excluding hydrogens is 306 g/mol. The Balaban J connectivity index is 1.83. The van der Waals surface area contributed by atoms with Crippen molar-refractivity contribution in [3.05, 3.63) is 0 Å². The third kappa shape index (κ3) is 2.18. The first-order valence-electron chi connectivity index (χ1n) is 7.12. The second kappa shape index (κ2) is 4.38. The fraction of sp³-hybridized carbons (Fsp3) is 0.923. The topological polar surface area (TPSA) is 80.7 Å². The van der Waals surface area contributed by atoms with E-state index in [1.54, 1.807) is 6.92 Å². The SMILES string of the molecule is CC1(OC(=O)C(F)(F)S(=O)(=O)O)C2CC3CC(C2)CC1C3. The molecule has 0 aromatic heterocycles. The standard InChI is InChI=1S/C13H18F2O5S/c1-12(20-11(16)13(14,15)21(17,18)19)9-3-7-2-8(5-9)6-10(12)4-7/h7-10H,2-6H2,1H3,(H,17,18,19). The van der Waals surface area contributed by atoms with E-state index < -0.39 is 26.9 Å². The molecule has 8 heteroatoms. The van der Waals surface area contributed by atoms with E-state index in [1.807, 2.05) is 0 Å². The van der Waals surface area contributed by atoms with E-state index >= 15 is 0 Å². The molecule has 0 amide bonds. The van der Waals surface area contributed by atoms with Gasteiger partial charge in [0.15, 0.2) is 0 Å². The van der Waals surface area contributed by atoms with Crippen LogP contribution in [0.1, 0.15) is 39.0 Å². The Labute approximate surface area is 121 Å². The summed E-state index contributed by atoms with van der Waals surface area (Å²) in [5, 5.41) is -4.91. The average molecular weight is 324 g/mol. The maximum absolute atomic E-state index is 13.4. The molecule has 5 nitrogen and oxygen atoms in total. The van der Waals surface area contributed by atoms with Crippen LogP contribution in [-0.4, -0.2) is 29.8 Å². The van der Waals surface area contributed by atoms with Gasteiger partial charge in [-0.25, -0.2) is 4.79 Å². The number of alkyl halides is 2. The van der Waals surface area contributed by atoms with Crippen molar-refractivity contribution in [2.24, 2.45) is 23.7 Å². The molecule has 4 aliphatic carbocycles. The van der Waals surface area contributed by atoms with E-state index in [9.17, 15) is 22.0 Å². The van der Waals surface area contributed by atoms with E-state index in [1.165, 1.54) is 0 Å². The van der Waals surface area contributed by atoms with Gasteiger partial charge >= 0.3 is 21.3 Å². The molecule has 0 atom stereocenters. The quantitative estimate of drug-likeness (QED) is 0.636. The monoisotopic (exact) mass is 324 g/mol. The highest BCUT2D eigenvalue weighted by molar-refractivity contribution is 7.87. The number of rotatable bonds is 3. The molecule has 0 aliphatic heterocycles. The summed E-state index contributed by atoms with van der Waals surface area (Å²) in [6.07, 6.45) is 4.46. The van der Waals surface area contributed by atoms with E-state index in [0.29, 0.717) is 11.8 Å². The van der Waals surface area contributed by atoms with E-state index in [2.05, 4.69) is 0 Å². The second-order valence-electron chi connectivity index (χ2n) is 6.87. The smallest absolute Gasteiger partial charge is 0.453 e. The Hall–Kier alpha value is -0.760. The van der Waals surface area contributed by atoms with Gasteiger partial charge in [0.05, 0.1) is 0 Å². The van der Waals surface area contributed by atoms with Gasteiger partial charge in [-0.05, 0) is 62.7 Å². The van der Waals surface area contributed by atoms with Gasteiger partial charge in [-0.2, -0.15) is 17.2 Å². The molecule has 0 saturated heterocycles. The second-order valence-corrected chi connectivity index (χ2v) is 8.33. The fourth-order valence-corrected chi connectivity index (χ4v) is 4.90. The molecule has 0 aromatic carbocycles. The normalized spacial score (nSPS) is 42.1. The Morgan fingerprint density at radius 1 is 1.14 bits per heavy atom. The summed E-state index contributed by atoms with van der Waals surface area (Å²) in [5.41, 5.74) is -1.06. The number of carbonyl (C=O) groups excluding carboxylic acids is 1. The summed E-state index contributed by atoms with van der Waals surface area (Å²) >= 11 is 0. The van der Waals surface area contributed by atoms with Crippen molar-refractivity contribution in [3.8, 4) is 0 Å². The fourth-order valence-electron chi connectivity index (χ4n) is 4.65. The zero-order chi connectivity index (χ0) is 15.6. The van der Waals surface area contributed by atoms with Crippen LogP contribution in [0.4, 0.5) is 8.78 Å². The van der Waals surface area contributed by atoms with Crippen LogP contribution < -0.4 is 0 Å². The van der Waals surface area contributed by atoms with Gasteiger partial charge in [-0.1, -0.05) is 0 Å². The molecule has 0 aromatic rings. The molecule has 1 N–H and O–H groups in total. The zero-order valence-corrected chi connectivity index (χ0v) is 12.4. The molecule has 120 valence electrons. The highest BCUT2D eigenvalue weighted by Gasteiger charge is 2.61. The summed E-state index contributed by atoms with van der Waals surface area (Å²) < 4.78 is 61.6. The first-order chi connectivity index (χ1) is 9.54. The molecule has 4 aliphatic rings. The van der Waals surface area contributed by atoms with Crippen molar-refractivity contribution >= 4 is 16.1 Å². The maximum atomic E-state index is 13.4. The Kier molecular flexibility index (Phi) is 3.16. The summed E-state index contributed by atoms with van der Waals surface area (Å²) in [5.74, 6) is -1.06. The average Bonchev–Trinajstić information content (AvgIpc) is 2.33. The lowest BCUT2D eigenvalue weighted by Gasteiger charge is -2.59. The molecule has 4 saturated carbocycles. The lowest BCUT2D eigenvalue weighted by molar-refractivity contribution is -0.215. The largest absolute Gasteiger partial charge is 0.465 e. The summed E-state index contributed by atoms with van der Waals surface area (Å²) in [4.78, 5) is 11.6. The highest BCUT2D eigenvalue weighted by Crippen LogP contribution is 2.59. The Bertz CT molecular complexity index is 543. The van der Waals surface area contributed by atoms with Crippen LogP contribution in [0, 0.1) is 23.7 Å². The minimum absolute atomic E-state index is 0.00473. The molecule has 4 bridgehead atoms. The van der Waals surface area contributed by atoms with Crippen molar-refractivity contribution in [3.63, 3.8) is 0 Å². The van der Waals surface area contributed by atoms with Crippen molar-refractivity contribution in [1.82, 2.24) is 0 Å². The van der Waals surface area contributed by atoms with Crippen molar-refractivity contribution in [2.75, 3.05) is 0 Å². The molecular formula is C13H18F2O5S. The van der Waals surface area contributed by atoms with Crippen LogP contribution >= 0.6 is 0 Å². The number of halogens is 2. The maximum Gasteiger partial charge on any atom is 0.465 e. The van der Waals surface area contributed by atoms with Gasteiger partial charge in [-0.15, -0.1) is 0 Å². The predicted molar refractivity (Wildman–Crippen MR) is 68.0 cm³/mol. The third-order valence-corrected chi connectivity index (χ3v) is 6.45. The minimum Gasteiger partial charge on any atom is -0.453 e. The van der Waals surface area contributed by atoms with E-state index in [-0.39, 0.29) is 11.8 Å². The molecule has 21 heavy (non-hydrogen) atoms. The third-order valence-electron chi connectivity index (χ3n) is 5.63. The van der Waals surface area contributed by atoms with E-state index in [0.717, 1.165) is 32.1 Å². The molecule has 0 heterocycles. The lowest BCUT2D eigenvalue weighted by Crippen LogP contribution is -2.59. The van der Waals surface area contributed by atoms with Crippen molar-refractivity contribution in [1.29, 1.82) is 0 Å². The van der Waals surface area contributed by atoms with E-state index in [4.69, 9.17) is 9.29 Å². The summed E-state index contributed by atoms with van der Waals surface area (Å²) in [7, 11) is -5.81. The predicted octanol–water partition coefficient (Wildman–Crippen LogP) is 2.23. The Morgan fingerprint density at radius 3 is 1.95 bits per heavy atom. The minimum atomic E-state index is -5.81. The molecule has 4 rings (SSSR count). The first kappa shape index (κ1) is 15.1. The molecule has 4 fully saturated rings. The van der Waals surface area contributed by atoms with Crippen LogP contribution in [0.3, 0.4) is 0 Å². The summed E-state index contributed by atoms with van der Waals surface area (Å²) in [6, 6.07) is 0. The number of carbonyl (C=O) groups is 1. The van der Waals surface area contributed by atoms with Gasteiger partial charge < -0.3 is 4.74 Å². The number of ether oxygens (including phenoxy) is 1. The molecule has 0 spiro atoms. The van der Waals surface area contributed by atoms with Gasteiger partial charge in [0.2, 0.25) is 0 Å².